The molecule has 11 aromatic rings. The van der Waals surface area contributed by atoms with E-state index in [1.807, 2.05) is 17.4 Å². The molecule has 3 aromatic heterocycles. The van der Waals surface area contributed by atoms with Crippen LogP contribution in [0.15, 0.2) is 174 Å². The van der Waals surface area contributed by atoms with Crippen molar-refractivity contribution >= 4 is 103 Å². The molecule has 0 fully saturated rings. The Morgan fingerprint density at radius 2 is 1.16 bits per heavy atom. The average Bonchev–Trinajstić information content (AvgIpc) is 3.84. The summed E-state index contributed by atoms with van der Waals surface area (Å²) in [4.78, 5) is 2.41. The highest BCUT2D eigenvalue weighted by molar-refractivity contribution is 7.25. The van der Waals surface area contributed by atoms with E-state index in [0.29, 0.717) is 0 Å². The van der Waals surface area contributed by atoms with Gasteiger partial charge in [-0.25, -0.2) is 0 Å². The van der Waals surface area contributed by atoms with Gasteiger partial charge in [0, 0.05) is 53.4 Å². The lowest BCUT2D eigenvalue weighted by molar-refractivity contribution is 0.669. The highest BCUT2D eigenvalue weighted by atomic mass is 32.1. The fourth-order valence-corrected chi connectivity index (χ4v) is 9.06. The molecule has 3 heterocycles. The van der Waals surface area contributed by atoms with Crippen LogP contribution in [0.1, 0.15) is 0 Å². The number of nitrogens with zero attached hydrogens (tertiary/aromatic N) is 2. The molecule has 0 unspecified atom stereocenters. The number of hydrogen-bond acceptors (Lipinski definition) is 3. The van der Waals surface area contributed by atoms with Crippen LogP contribution < -0.4 is 4.90 Å². The summed E-state index contributed by atoms with van der Waals surface area (Å²) in [6.45, 7) is 0. The molecule has 50 heavy (non-hydrogen) atoms. The fraction of sp³-hybridized carbons (Fsp3) is 0. The minimum Gasteiger partial charge on any atom is -0.456 e. The fourth-order valence-electron chi connectivity index (χ4n) is 7.92. The van der Waals surface area contributed by atoms with Crippen LogP contribution in [0.5, 0.6) is 0 Å². The number of furan rings is 1. The van der Waals surface area contributed by atoms with Gasteiger partial charge in [0.15, 0.2) is 0 Å². The first-order valence-corrected chi connectivity index (χ1v) is 17.7. The highest BCUT2D eigenvalue weighted by Gasteiger charge is 2.22. The number of fused-ring (bicyclic) bond motifs is 10. The number of rotatable bonds is 4. The van der Waals surface area contributed by atoms with Crippen LogP contribution in [0.2, 0.25) is 0 Å². The first kappa shape index (κ1) is 27.6. The molecule has 4 heteroatoms. The van der Waals surface area contributed by atoms with Crippen LogP contribution in [-0.4, -0.2) is 4.57 Å². The number of aromatic nitrogens is 1. The van der Waals surface area contributed by atoms with E-state index < -0.39 is 0 Å². The molecule has 0 N–H and O–H groups in total. The van der Waals surface area contributed by atoms with E-state index in [1.165, 1.54) is 52.8 Å². The Kier molecular flexibility index (Phi) is 5.83. The molecule has 0 atom stereocenters. The smallest absolute Gasteiger partial charge is 0.137 e. The number of thiophene rings is 1. The predicted molar refractivity (Wildman–Crippen MR) is 213 cm³/mol. The van der Waals surface area contributed by atoms with Crippen molar-refractivity contribution in [1.82, 2.24) is 4.57 Å². The molecule has 0 saturated heterocycles. The topological polar surface area (TPSA) is 21.3 Å². The monoisotopic (exact) mass is 656 g/mol. The largest absolute Gasteiger partial charge is 0.456 e. The van der Waals surface area contributed by atoms with Gasteiger partial charge in [-0.05, 0) is 95.7 Å². The first-order chi connectivity index (χ1) is 24.8. The van der Waals surface area contributed by atoms with Gasteiger partial charge in [0.25, 0.3) is 0 Å². The van der Waals surface area contributed by atoms with Crippen molar-refractivity contribution < 1.29 is 4.42 Å². The quantitative estimate of drug-likeness (QED) is 0.188. The second-order valence-electron chi connectivity index (χ2n) is 13.0. The summed E-state index contributed by atoms with van der Waals surface area (Å²) < 4.78 is 11.4. The van der Waals surface area contributed by atoms with Gasteiger partial charge in [-0.2, -0.15) is 0 Å². The lowest BCUT2D eigenvalue weighted by atomic mass is 10.0. The number of hydrogen-bond donors (Lipinski definition) is 0. The van der Waals surface area contributed by atoms with E-state index in [2.05, 4.69) is 173 Å². The second kappa shape index (κ2) is 10.6. The lowest BCUT2D eigenvalue weighted by Crippen LogP contribution is -2.10. The maximum Gasteiger partial charge on any atom is 0.137 e. The van der Waals surface area contributed by atoms with Crippen molar-refractivity contribution in [2.75, 3.05) is 4.90 Å². The maximum absolute atomic E-state index is 6.42. The minimum atomic E-state index is 0.877. The normalized spacial score (nSPS) is 12.0. The summed E-state index contributed by atoms with van der Waals surface area (Å²) in [7, 11) is 0. The molecule has 11 rings (SSSR count). The molecule has 0 radical (unpaired) electrons. The molecule has 8 aromatic carbocycles. The Morgan fingerprint density at radius 3 is 2.08 bits per heavy atom. The Labute approximate surface area is 291 Å². The standard InChI is InChI=1S/C46H28N2OS/c1-2-11-31(12-3-1)48-39-16-7-4-13-34(39)37-28-33(23-24-40(37)48)47(41-17-10-19-43-46(41)36-15-5-8-18-42(36)49-43)32-22-21-29-27-45-38(26-30(29)25-32)35-14-6-9-20-44(35)50-45/h1-28H. The number of anilines is 3. The van der Waals surface area contributed by atoms with E-state index in [4.69, 9.17) is 4.42 Å². The van der Waals surface area contributed by atoms with Gasteiger partial charge in [0.1, 0.15) is 11.2 Å². The molecule has 0 bridgehead atoms. The minimum absolute atomic E-state index is 0.877. The molecule has 0 aliphatic carbocycles. The van der Waals surface area contributed by atoms with Gasteiger partial charge >= 0.3 is 0 Å². The van der Waals surface area contributed by atoms with Crippen molar-refractivity contribution in [3.8, 4) is 5.69 Å². The summed E-state index contributed by atoms with van der Waals surface area (Å²) in [6, 6.07) is 61.3. The second-order valence-corrected chi connectivity index (χ2v) is 14.0. The van der Waals surface area contributed by atoms with Crippen LogP contribution in [0.25, 0.3) is 80.4 Å². The number of para-hydroxylation sites is 3. The number of benzene rings is 8. The molecule has 234 valence electrons. The summed E-state index contributed by atoms with van der Waals surface area (Å²) in [6.07, 6.45) is 0. The van der Waals surface area contributed by atoms with E-state index in [-0.39, 0.29) is 0 Å². The van der Waals surface area contributed by atoms with Gasteiger partial charge in [-0.15, -0.1) is 11.3 Å². The van der Waals surface area contributed by atoms with Crippen molar-refractivity contribution in [3.63, 3.8) is 0 Å². The van der Waals surface area contributed by atoms with Crippen molar-refractivity contribution in [3.05, 3.63) is 170 Å². The predicted octanol–water partition coefficient (Wildman–Crippen LogP) is 13.7. The first-order valence-electron chi connectivity index (χ1n) is 16.9. The highest BCUT2D eigenvalue weighted by Crippen LogP contribution is 2.46. The molecule has 0 saturated carbocycles. The van der Waals surface area contributed by atoms with Gasteiger partial charge < -0.3 is 13.9 Å². The SMILES string of the molecule is c1ccc(-n2c3ccccc3c3cc(N(c4ccc5cc6sc7ccccc7c6cc5c4)c4cccc5oc6ccccc6c45)ccc32)cc1. The van der Waals surface area contributed by atoms with Crippen LogP contribution in [-0.2, 0) is 0 Å². The van der Waals surface area contributed by atoms with Crippen LogP contribution in [0.3, 0.4) is 0 Å². The van der Waals surface area contributed by atoms with Crippen LogP contribution in [0.4, 0.5) is 17.1 Å². The summed E-state index contributed by atoms with van der Waals surface area (Å²) in [5.74, 6) is 0. The zero-order valence-electron chi connectivity index (χ0n) is 26.9. The zero-order valence-corrected chi connectivity index (χ0v) is 27.7. The van der Waals surface area contributed by atoms with Crippen molar-refractivity contribution in [1.29, 1.82) is 0 Å². The van der Waals surface area contributed by atoms with Crippen LogP contribution in [0, 0.1) is 0 Å². The molecule has 0 spiro atoms. The maximum atomic E-state index is 6.42. The van der Waals surface area contributed by atoms with Gasteiger partial charge in [-0.1, -0.05) is 84.9 Å². The Balaban J connectivity index is 1.20. The summed E-state index contributed by atoms with van der Waals surface area (Å²) in [5, 5.41) is 9.72. The van der Waals surface area contributed by atoms with Gasteiger partial charge in [-0.3, -0.25) is 0 Å². The Morgan fingerprint density at radius 1 is 0.440 bits per heavy atom. The van der Waals surface area contributed by atoms with Crippen molar-refractivity contribution in [2.24, 2.45) is 0 Å². The van der Waals surface area contributed by atoms with E-state index >= 15 is 0 Å². The third-order valence-corrected chi connectivity index (χ3v) is 11.3. The molecule has 3 nitrogen and oxygen atoms in total. The molecule has 0 amide bonds. The summed E-state index contributed by atoms with van der Waals surface area (Å²) in [5.41, 5.74) is 8.56. The third kappa shape index (κ3) is 4.03. The third-order valence-electron chi connectivity index (χ3n) is 10.1. The summed E-state index contributed by atoms with van der Waals surface area (Å²) >= 11 is 1.86. The average molecular weight is 657 g/mol. The Hall–Kier alpha value is -6.36. The Bertz CT molecular complexity index is 3110. The van der Waals surface area contributed by atoms with Crippen molar-refractivity contribution in [2.45, 2.75) is 0 Å². The van der Waals surface area contributed by atoms with E-state index in [1.54, 1.807) is 0 Å². The zero-order chi connectivity index (χ0) is 32.8. The van der Waals surface area contributed by atoms with E-state index in [9.17, 15) is 0 Å². The molecule has 0 aliphatic rings. The molecular formula is C46H28N2OS. The van der Waals surface area contributed by atoms with Crippen LogP contribution >= 0.6 is 11.3 Å². The van der Waals surface area contributed by atoms with Gasteiger partial charge in [0.2, 0.25) is 0 Å². The molecular weight excluding hydrogens is 629 g/mol. The van der Waals surface area contributed by atoms with Gasteiger partial charge in [0.05, 0.1) is 22.1 Å². The van der Waals surface area contributed by atoms with E-state index in [0.717, 1.165) is 44.7 Å². The molecule has 0 aliphatic heterocycles. The lowest BCUT2D eigenvalue weighted by Gasteiger charge is -2.27.